The molecule has 0 amide bonds. The van der Waals surface area contributed by atoms with E-state index in [2.05, 4.69) is 0 Å². The molecule has 2 rings (SSSR count). The van der Waals surface area contributed by atoms with Crippen molar-refractivity contribution in [2.75, 3.05) is 13.2 Å². The van der Waals surface area contributed by atoms with E-state index in [1.807, 2.05) is 25.1 Å². The van der Waals surface area contributed by atoms with Crippen LogP contribution in [0, 0.1) is 0 Å². The van der Waals surface area contributed by atoms with Gasteiger partial charge in [0.25, 0.3) is 0 Å². The Hall–Kier alpha value is -0.770. The van der Waals surface area contributed by atoms with E-state index in [0.29, 0.717) is 17.7 Å². The molecule has 2 N–H and O–H groups in total. The maximum absolute atomic E-state index is 5.97. The summed E-state index contributed by atoms with van der Waals surface area (Å²) >= 11 is 5.97. The molecule has 2 atom stereocenters. The number of benzene rings is 1. The standard InChI is InChI=1S/C14H20ClNO2/c1-10(16)13-9-11(15)4-5-14(13)18-8-6-12-3-2-7-17-12/h4-5,9-10,12H,2-3,6-8,16H2,1H3/t10-,12?/m0/s1. The lowest BCUT2D eigenvalue weighted by molar-refractivity contribution is 0.0902. The largest absolute Gasteiger partial charge is 0.493 e. The summed E-state index contributed by atoms with van der Waals surface area (Å²) in [6.07, 6.45) is 3.60. The Morgan fingerprint density at radius 3 is 3.06 bits per heavy atom. The molecule has 0 bridgehead atoms. The van der Waals surface area contributed by atoms with Crippen LogP contribution in [0.1, 0.15) is 37.8 Å². The average Bonchev–Trinajstić information content (AvgIpc) is 2.84. The molecule has 1 aliphatic heterocycles. The van der Waals surface area contributed by atoms with Crippen LogP contribution >= 0.6 is 11.6 Å². The fraction of sp³-hybridized carbons (Fsp3) is 0.571. The van der Waals surface area contributed by atoms with E-state index in [9.17, 15) is 0 Å². The molecule has 0 aliphatic carbocycles. The van der Waals surface area contributed by atoms with Gasteiger partial charge in [0.05, 0.1) is 12.7 Å². The Morgan fingerprint density at radius 1 is 1.56 bits per heavy atom. The third-order valence-electron chi connectivity index (χ3n) is 3.18. The van der Waals surface area contributed by atoms with Gasteiger partial charge in [0, 0.05) is 29.7 Å². The number of nitrogens with two attached hydrogens (primary N) is 1. The van der Waals surface area contributed by atoms with Crippen molar-refractivity contribution < 1.29 is 9.47 Å². The van der Waals surface area contributed by atoms with Crippen molar-refractivity contribution in [2.45, 2.75) is 38.3 Å². The van der Waals surface area contributed by atoms with E-state index in [1.165, 1.54) is 0 Å². The van der Waals surface area contributed by atoms with Crippen LogP contribution in [0.25, 0.3) is 0 Å². The summed E-state index contributed by atoms with van der Waals surface area (Å²) in [5, 5.41) is 0.689. The van der Waals surface area contributed by atoms with Crippen molar-refractivity contribution in [1.82, 2.24) is 0 Å². The number of ether oxygens (including phenoxy) is 2. The summed E-state index contributed by atoms with van der Waals surface area (Å²) in [5.41, 5.74) is 6.87. The summed E-state index contributed by atoms with van der Waals surface area (Å²) < 4.78 is 11.4. The molecular formula is C14H20ClNO2. The number of hydrogen-bond donors (Lipinski definition) is 1. The van der Waals surface area contributed by atoms with E-state index < -0.39 is 0 Å². The van der Waals surface area contributed by atoms with Gasteiger partial charge >= 0.3 is 0 Å². The van der Waals surface area contributed by atoms with Crippen molar-refractivity contribution in [2.24, 2.45) is 5.73 Å². The van der Waals surface area contributed by atoms with Crippen LogP contribution in [0.4, 0.5) is 0 Å². The summed E-state index contributed by atoms with van der Waals surface area (Å²) in [6.45, 7) is 3.47. The van der Waals surface area contributed by atoms with Crippen LogP contribution in [-0.2, 0) is 4.74 Å². The monoisotopic (exact) mass is 269 g/mol. The first kappa shape index (κ1) is 13.7. The summed E-state index contributed by atoms with van der Waals surface area (Å²) in [7, 11) is 0. The van der Waals surface area contributed by atoms with E-state index in [-0.39, 0.29) is 6.04 Å². The second kappa shape index (κ2) is 6.41. The minimum Gasteiger partial charge on any atom is -0.493 e. The van der Waals surface area contributed by atoms with Crippen LogP contribution < -0.4 is 10.5 Å². The normalized spacial score (nSPS) is 20.9. The Labute approximate surface area is 113 Å². The zero-order chi connectivity index (χ0) is 13.0. The van der Waals surface area contributed by atoms with Gasteiger partial charge < -0.3 is 15.2 Å². The average molecular weight is 270 g/mol. The molecule has 0 radical (unpaired) electrons. The van der Waals surface area contributed by atoms with Crippen molar-refractivity contribution in [3.8, 4) is 5.75 Å². The fourth-order valence-electron chi connectivity index (χ4n) is 2.18. The molecular weight excluding hydrogens is 250 g/mol. The van der Waals surface area contributed by atoms with Gasteiger partial charge in [0.15, 0.2) is 0 Å². The summed E-state index contributed by atoms with van der Waals surface area (Å²) in [6, 6.07) is 5.50. The van der Waals surface area contributed by atoms with Gasteiger partial charge in [-0.1, -0.05) is 11.6 Å². The van der Waals surface area contributed by atoms with Crippen LogP contribution in [0.5, 0.6) is 5.75 Å². The van der Waals surface area contributed by atoms with Crippen LogP contribution in [0.3, 0.4) is 0 Å². The van der Waals surface area contributed by atoms with Gasteiger partial charge in [-0.2, -0.15) is 0 Å². The Balaban J connectivity index is 1.91. The molecule has 1 aromatic rings. The quantitative estimate of drug-likeness (QED) is 0.892. The van der Waals surface area contributed by atoms with Crippen molar-refractivity contribution in [1.29, 1.82) is 0 Å². The van der Waals surface area contributed by atoms with Gasteiger partial charge in [-0.15, -0.1) is 0 Å². The van der Waals surface area contributed by atoms with Gasteiger partial charge in [-0.3, -0.25) is 0 Å². The Bertz CT molecular complexity index is 389. The first-order chi connectivity index (χ1) is 8.66. The second-order valence-electron chi connectivity index (χ2n) is 4.74. The van der Waals surface area contributed by atoms with Gasteiger partial charge in [-0.25, -0.2) is 0 Å². The van der Waals surface area contributed by atoms with Crippen LogP contribution in [0.2, 0.25) is 5.02 Å². The number of rotatable bonds is 5. The molecule has 4 heteroatoms. The van der Waals surface area contributed by atoms with E-state index >= 15 is 0 Å². The minimum absolute atomic E-state index is 0.0820. The Morgan fingerprint density at radius 2 is 2.39 bits per heavy atom. The highest BCUT2D eigenvalue weighted by atomic mass is 35.5. The molecule has 1 heterocycles. The van der Waals surface area contributed by atoms with E-state index in [1.54, 1.807) is 0 Å². The third kappa shape index (κ3) is 3.61. The van der Waals surface area contributed by atoms with E-state index in [0.717, 1.165) is 37.2 Å². The molecule has 1 aliphatic rings. The molecule has 0 saturated carbocycles. The topological polar surface area (TPSA) is 44.5 Å². The number of hydrogen-bond acceptors (Lipinski definition) is 3. The predicted molar refractivity (Wildman–Crippen MR) is 73.1 cm³/mol. The third-order valence-corrected chi connectivity index (χ3v) is 3.42. The highest BCUT2D eigenvalue weighted by molar-refractivity contribution is 6.30. The summed E-state index contributed by atoms with van der Waals surface area (Å²) in [5.74, 6) is 0.826. The van der Waals surface area contributed by atoms with Crippen LogP contribution in [-0.4, -0.2) is 19.3 Å². The molecule has 3 nitrogen and oxygen atoms in total. The SMILES string of the molecule is C[C@H](N)c1cc(Cl)ccc1OCCC1CCCO1. The van der Waals surface area contributed by atoms with E-state index in [4.69, 9.17) is 26.8 Å². The molecule has 0 spiro atoms. The molecule has 1 aromatic carbocycles. The molecule has 1 fully saturated rings. The summed E-state index contributed by atoms with van der Waals surface area (Å²) in [4.78, 5) is 0. The lowest BCUT2D eigenvalue weighted by atomic mass is 10.1. The maximum atomic E-state index is 5.97. The van der Waals surface area contributed by atoms with Crippen molar-refractivity contribution in [3.63, 3.8) is 0 Å². The first-order valence-electron chi connectivity index (χ1n) is 6.46. The Kier molecular flexibility index (Phi) is 4.87. The molecule has 1 unspecified atom stereocenters. The molecule has 1 saturated heterocycles. The van der Waals surface area contributed by atoms with Gasteiger partial charge in [0.2, 0.25) is 0 Å². The fourth-order valence-corrected chi connectivity index (χ4v) is 2.36. The lowest BCUT2D eigenvalue weighted by Crippen LogP contribution is -2.13. The van der Waals surface area contributed by atoms with Crippen molar-refractivity contribution in [3.05, 3.63) is 28.8 Å². The minimum atomic E-state index is -0.0820. The molecule has 18 heavy (non-hydrogen) atoms. The van der Waals surface area contributed by atoms with Crippen molar-refractivity contribution >= 4 is 11.6 Å². The lowest BCUT2D eigenvalue weighted by Gasteiger charge is -2.15. The smallest absolute Gasteiger partial charge is 0.124 e. The molecule has 0 aromatic heterocycles. The van der Waals surface area contributed by atoms with Crippen LogP contribution in [0.15, 0.2) is 18.2 Å². The number of halogens is 1. The van der Waals surface area contributed by atoms with Gasteiger partial charge in [0.1, 0.15) is 5.75 Å². The second-order valence-corrected chi connectivity index (χ2v) is 5.18. The zero-order valence-corrected chi connectivity index (χ0v) is 11.5. The first-order valence-corrected chi connectivity index (χ1v) is 6.84. The maximum Gasteiger partial charge on any atom is 0.124 e. The highest BCUT2D eigenvalue weighted by Gasteiger charge is 2.16. The highest BCUT2D eigenvalue weighted by Crippen LogP contribution is 2.27. The zero-order valence-electron chi connectivity index (χ0n) is 10.7. The van der Waals surface area contributed by atoms with Gasteiger partial charge in [-0.05, 0) is 38.0 Å². The predicted octanol–water partition coefficient (Wildman–Crippen LogP) is 3.31. The molecule has 100 valence electrons.